The molecule has 2 aromatic rings. The first-order valence-electron chi connectivity index (χ1n) is 6.63. The van der Waals surface area contributed by atoms with Gasteiger partial charge in [-0.05, 0) is 36.2 Å². The minimum atomic E-state index is -3.72. The molecular formula is C15H14Cl3NO2S2. The average molecular weight is 411 g/mol. The first-order chi connectivity index (χ1) is 10.9. The van der Waals surface area contributed by atoms with E-state index in [4.69, 9.17) is 34.8 Å². The summed E-state index contributed by atoms with van der Waals surface area (Å²) in [5.74, 6) is 0.250. The fourth-order valence-electron chi connectivity index (χ4n) is 1.73. The maximum Gasteiger partial charge on any atom is 0.273 e. The number of halogens is 3. The summed E-state index contributed by atoms with van der Waals surface area (Å²) in [6.45, 7) is 0. The van der Waals surface area contributed by atoms with Gasteiger partial charge in [0.1, 0.15) is 4.84 Å². The molecule has 0 fully saturated rings. The number of anilines is 1. The number of nitrogens with zero attached hydrogens (tertiary/aromatic N) is 1. The van der Waals surface area contributed by atoms with Crippen molar-refractivity contribution in [3.8, 4) is 0 Å². The third kappa shape index (κ3) is 4.94. The largest absolute Gasteiger partial charge is 0.273 e. The van der Waals surface area contributed by atoms with E-state index in [1.54, 1.807) is 54.6 Å². The van der Waals surface area contributed by atoms with Crippen LogP contribution in [0.25, 0.3) is 0 Å². The zero-order chi connectivity index (χ0) is 16.9. The van der Waals surface area contributed by atoms with Gasteiger partial charge in [-0.1, -0.05) is 36.4 Å². The summed E-state index contributed by atoms with van der Waals surface area (Å²) in [5, 5.41) is -0.569. The van der Waals surface area contributed by atoms with E-state index in [-0.39, 0.29) is 10.6 Å². The Morgan fingerprint density at radius 1 is 0.913 bits per heavy atom. The van der Waals surface area contributed by atoms with Gasteiger partial charge in [-0.25, -0.2) is 12.1 Å². The second-order valence-electron chi connectivity index (χ2n) is 4.53. The van der Waals surface area contributed by atoms with Gasteiger partial charge in [-0.3, -0.25) is 0 Å². The van der Waals surface area contributed by atoms with Crippen molar-refractivity contribution >= 4 is 62.5 Å². The lowest BCUT2D eigenvalue weighted by molar-refractivity contribution is 0.598. The third-order valence-corrected chi connectivity index (χ3v) is 7.68. The molecule has 0 aliphatic rings. The molecule has 0 saturated heterocycles. The van der Waals surface area contributed by atoms with E-state index in [0.29, 0.717) is 5.69 Å². The SMILES string of the molecule is O=S(=O)(c1ccccc1)N(SCC(Cl)C(Cl)Cl)c1ccccc1. The van der Waals surface area contributed by atoms with Crippen LogP contribution in [0, 0.1) is 0 Å². The van der Waals surface area contributed by atoms with Gasteiger partial charge in [0.15, 0.2) is 0 Å². The van der Waals surface area contributed by atoms with Crippen molar-refractivity contribution in [2.45, 2.75) is 15.1 Å². The molecule has 0 N–H and O–H groups in total. The highest BCUT2D eigenvalue weighted by Crippen LogP contribution is 2.32. The quantitative estimate of drug-likeness (QED) is 0.479. The Morgan fingerprint density at radius 3 is 1.96 bits per heavy atom. The lowest BCUT2D eigenvalue weighted by atomic mass is 10.3. The molecule has 0 radical (unpaired) electrons. The molecule has 0 heterocycles. The number of hydrogen-bond acceptors (Lipinski definition) is 3. The second kappa shape index (κ2) is 8.49. The number of benzene rings is 2. The molecule has 2 rings (SSSR count). The van der Waals surface area contributed by atoms with Crippen molar-refractivity contribution in [3.63, 3.8) is 0 Å². The molecule has 124 valence electrons. The summed E-state index contributed by atoms with van der Waals surface area (Å²) in [6.07, 6.45) is 0. The summed E-state index contributed by atoms with van der Waals surface area (Å²) in [6, 6.07) is 17.0. The Balaban J connectivity index is 2.34. The van der Waals surface area contributed by atoms with E-state index in [9.17, 15) is 8.42 Å². The smallest absolute Gasteiger partial charge is 0.208 e. The zero-order valence-electron chi connectivity index (χ0n) is 11.8. The predicted molar refractivity (Wildman–Crippen MR) is 100 cm³/mol. The van der Waals surface area contributed by atoms with Crippen LogP contribution in [0.2, 0.25) is 0 Å². The molecule has 0 spiro atoms. The number of sulfonamides is 1. The van der Waals surface area contributed by atoms with Crippen LogP contribution in [0.15, 0.2) is 65.6 Å². The minimum absolute atomic E-state index is 0.204. The minimum Gasteiger partial charge on any atom is -0.208 e. The standard InChI is InChI=1S/C15H14Cl3NO2S2/c16-14(15(17)18)11-22-19(12-7-3-1-4-8-12)23(20,21)13-9-5-2-6-10-13/h1-10,14-15H,11H2. The van der Waals surface area contributed by atoms with Gasteiger partial charge >= 0.3 is 0 Å². The predicted octanol–water partition coefficient (Wildman–Crippen LogP) is 4.94. The van der Waals surface area contributed by atoms with Gasteiger partial charge in [-0.2, -0.15) is 0 Å². The molecule has 0 aromatic heterocycles. The van der Waals surface area contributed by atoms with E-state index in [2.05, 4.69) is 0 Å². The molecule has 1 unspecified atom stereocenters. The number of para-hydroxylation sites is 1. The maximum absolute atomic E-state index is 12.9. The van der Waals surface area contributed by atoms with E-state index in [1.807, 2.05) is 6.07 Å². The molecule has 2 aromatic carbocycles. The maximum atomic E-state index is 12.9. The Hall–Kier alpha value is -0.590. The Bertz CT molecular complexity index is 712. The molecule has 0 aliphatic carbocycles. The molecule has 0 amide bonds. The average Bonchev–Trinajstić information content (AvgIpc) is 2.56. The van der Waals surface area contributed by atoms with E-state index in [1.165, 1.54) is 3.71 Å². The van der Waals surface area contributed by atoms with Crippen molar-refractivity contribution < 1.29 is 8.42 Å². The lowest BCUT2D eigenvalue weighted by Crippen LogP contribution is -2.27. The molecular weight excluding hydrogens is 397 g/mol. The number of hydrogen-bond donors (Lipinski definition) is 0. The van der Waals surface area contributed by atoms with Crippen LogP contribution in [0.1, 0.15) is 0 Å². The normalized spacial score (nSPS) is 13.0. The van der Waals surface area contributed by atoms with E-state index < -0.39 is 20.2 Å². The van der Waals surface area contributed by atoms with Crippen LogP contribution in [0.4, 0.5) is 5.69 Å². The highest BCUT2D eigenvalue weighted by Gasteiger charge is 2.27. The van der Waals surface area contributed by atoms with Crippen molar-refractivity contribution in [3.05, 3.63) is 60.7 Å². The van der Waals surface area contributed by atoms with Crippen LogP contribution in [0.5, 0.6) is 0 Å². The summed E-state index contributed by atoms with van der Waals surface area (Å²) in [7, 11) is -3.72. The van der Waals surface area contributed by atoms with Gasteiger partial charge < -0.3 is 0 Å². The first-order valence-corrected chi connectivity index (χ1v) is 10.3. The van der Waals surface area contributed by atoms with Crippen LogP contribution < -0.4 is 3.71 Å². The lowest BCUT2D eigenvalue weighted by Gasteiger charge is -2.24. The molecule has 0 saturated carbocycles. The topological polar surface area (TPSA) is 37.4 Å². The van der Waals surface area contributed by atoms with Crippen LogP contribution in [-0.4, -0.2) is 24.4 Å². The monoisotopic (exact) mass is 409 g/mol. The Kier molecular flexibility index (Phi) is 6.92. The molecule has 0 aliphatic heterocycles. The molecule has 0 bridgehead atoms. The highest BCUT2D eigenvalue weighted by molar-refractivity contribution is 8.14. The molecule has 23 heavy (non-hydrogen) atoms. The number of alkyl halides is 3. The summed E-state index contributed by atoms with van der Waals surface area (Å²) < 4.78 is 27.1. The van der Waals surface area contributed by atoms with Gasteiger partial charge in [0.25, 0.3) is 10.0 Å². The van der Waals surface area contributed by atoms with Crippen LogP contribution in [-0.2, 0) is 10.0 Å². The van der Waals surface area contributed by atoms with E-state index in [0.717, 1.165) is 11.9 Å². The van der Waals surface area contributed by atoms with Gasteiger partial charge in [0.05, 0.1) is 16.0 Å². The van der Waals surface area contributed by atoms with E-state index >= 15 is 0 Å². The third-order valence-electron chi connectivity index (χ3n) is 2.85. The van der Waals surface area contributed by atoms with Crippen LogP contribution in [0.3, 0.4) is 0 Å². The van der Waals surface area contributed by atoms with Crippen LogP contribution >= 0.6 is 46.8 Å². The Morgan fingerprint density at radius 2 is 1.43 bits per heavy atom. The summed E-state index contributed by atoms with van der Waals surface area (Å²) >= 11 is 18.6. The fraction of sp³-hybridized carbons (Fsp3) is 0.200. The summed E-state index contributed by atoms with van der Waals surface area (Å²) in [5.41, 5.74) is 0.533. The van der Waals surface area contributed by atoms with Crippen molar-refractivity contribution in [1.29, 1.82) is 0 Å². The molecule has 3 nitrogen and oxygen atoms in total. The van der Waals surface area contributed by atoms with Gasteiger partial charge in [-0.15, -0.1) is 34.8 Å². The number of rotatable bonds is 7. The van der Waals surface area contributed by atoms with Gasteiger partial charge in [0.2, 0.25) is 0 Å². The van der Waals surface area contributed by atoms with Crippen molar-refractivity contribution in [2.24, 2.45) is 0 Å². The zero-order valence-corrected chi connectivity index (χ0v) is 15.8. The summed E-state index contributed by atoms with van der Waals surface area (Å²) in [4.78, 5) is -0.572. The molecule has 1 atom stereocenters. The van der Waals surface area contributed by atoms with Gasteiger partial charge in [0, 0.05) is 5.75 Å². The second-order valence-corrected chi connectivity index (χ2v) is 9.23. The first kappa shape index (κ1) is 18.7. The highest BCUT2D eigenvalue weighted by atomic mass is 35.5. The van der Waals surface area contributed by atoms with Crippen molar-refractivity contribution in [1.82, 2.24) is 0 Å². The fourth-order valence-corrected chi connectivity index (χ4v) is 5.12. The molecule has 8 heteroatoms. The van der Waals surface area contributed by atoms with Crippen molar-refractivity contribution in [2.75, 3.05) is 9.46 Å². The Labute approximate surface area is 155 Å².